The minimum Gasteiger partial charge on any atom is -0.299 e. The third-order valence-electron chi connectivity index (χ3n) is 3.80. The molecule has 0 spiro atoms. The number of hydrogen-bond donors (Lipinski definition) is 2. The van der Waals surface area contributed by atoms with Crippen molar-refractivity contribution in [1.82, 2.24) is 20.4 Å². The van der Waals surface area contributed by atoms with E-state index in [1.54, 1.807) is 22.2 Å². The first-order valence-corrected chi connectivity index (χ1v) is 9.03. The van der Waals surface area contributed by atoms with Crippen LogP contribution in [-0.4, -0.2) is 26.7 Å². The van der Waals surface area contributed by atoms with Crippen LogP contribution < -0.4 is 10.6 Å². The van der Waals surface area contributed by atoms with Gasteiger partial charge in [0.15, 0.2) is 5.11 Å². The van der Waals surface area contributed by atoms with Crippen LogP contribution in [0.4, 0.5) is 0 Å². The number of aromatic nitrogens is 2. The lowest BCUT2D eigenvalue weighted by molar-refractivity contribution is -0.123. The molecule has 2 amide bonds. The molecule has 1 aromatic carbocycles. The molecule has 2 aromatic heterocycles. The normalized spacial score (nSPS) is 14.2. The number of amides is 2. The van der Waals surface area contributed by atoms with Gasteiger partial charge in [-0.15, -0.1) is 0 Å². The number of carbonyl (C=O) groups is 2. The van der Waals surface area contributed by atoms with E-state index in [1.807, 2.05) is 47.2 Å². The van der Waals surface area contributed by atoms with E-state index >= 15 is 0 Å². The number of rotatable bonds is 3. The fourth-order valence-corrected chi connectivity index (χ4v) is 3.42. The lowest BCUT2D eigenvalue weighted by Gasteiger charge is -2.16. The van der Waals surface area contributed by atoms with Crippen molar-refractivity contribution in [2.45, 2.75) is 0 Å². The molecule has 3 aromatic rings. The summed E-state index contributed by atoms with van der Waals surface area (Å²) in [5, 5.41) is 13.5. The second-order valence-corrected chi connectivity index (χ2v) is 6.71. The minimum atomic E-state index is -0.525. The molecule has 6 nitrogen and oxygen atoms in total. The summed E-state index contributed by atoms with van der Waals surface area (Å²) < 4.78 is 1.72. The van der Waals surface area contributed by atoms with Gasteiger partial charge >= 0.3 is 0 Å². The second-order valence-electron chi connectivity index (χ2n) is 5.52. The van der Waals surface area contributed by atoms with Crippen molar-refractivity contribution in [1.29, 1.82) is 0 Å². The second kappa shape index (κ2) is 6.66. The molecule has 0 radical (unpaired) electrons. The Morgan fingerprint density at radius 2 is 1.81 bits per heavy atom. The van der Waals surface area contributed by atoms with Gasteiger partial charge in [-0.05, 0) is 41.9 Å². The van der Waals surface area contributed by atoms with Crippen LogP contribution in [0.3, 0.4) is 0 Å². The Morgan fingerprint density at radius 3 is 2.46 bits per heavy atom. The predicted molar refractivity (Wildman–Crippen MR) is 104 cm³/mol. The summed E-state index contributed by atoms with van der Waals surface area (Å²) in [4.78, 5) is 24.3. The molecule has 1 aliphatic rings. The maximum absolute atomic E-state index is 12.1. The molecule has 4 rings (SSSR count). The van der Waals surface area contributed by atoms with Gasteiger partial charge in [0, 0.05) is 22.7 Å². The summed E-state index contributed by atoms with van der Waals surface area (Å²) in [6.45, 7) is 0. The Balaban J connectivity index is 1.83. The minimum absolute atomic E-state index is 0.00943. The summed E-state index contributed by atoms with van der Waals surface area (Å²) in [6.07, 6.45) is 3.33. The SMILES string of the molecule is O=C1NC(=S)NC(=O)C1=Cc1cn(-c2ccccc2)nc1-c1ccsc1. The van der Waals surface area contributed by atoms with Crippen LogP contribution in [0.1, 0.15) is 5.56 Å². The molecule has 0 atom stereocenters. The monoisotopic (exact) mass is 380 g/mol. The van der Waals surface area contributed by atoms with E-state index in [0.717, 1.165) is 11.3 Å². The first-order chi connectivity index (χ1) is 12.6. The third-order valence-corrected chi connectivity index (χ3v) is 4.69. The number of nitrogens with zero attached hydrogens (tertiary/aromatic N) is 2. The van der Waals surface area contributed by atoms with Gasteiger partial charge in [-0.3, -0.25) is 20.2 Å². The van der Waals surface area contributed by atoms with Gasteiger partial charge in [0.05, 0.1) is 5.69 Å². The Morgan fingerprint density at radius 1 is 1.08 bits per heavy atom. The molecule has 0 aliphatic carbocycles. The topological polar surface area (TPSA) is 76.0 Å². The van der Waals surface area contributed by atoms with Crippen LogP contribution in [0.15, 0.2) is 58.9 Å². The summed E-state index contributed by atoms with van der Waals surface area (Å²) >= 11 is 6.38. The van der Waals surface area contributed by atoms with Crippen molar-refractivity contribution >= 4 is 46.6 Å². The average molecular weight is 380 g/mol. The van der Waals surface area contributed by atoms with Crippen molar-refractivity contribution in [2.24, 2.45) is 0 Å². The number of para-hydroxylation sites is 1. The number of benzene rings is 1. The van der Waals surface area contributed by atoms with E-state index in [1.165, 1.54) is 6.08 Å². The lowest BCUT2D eigenvalue weighted by Crippen LogP contribution is -2.51. The molecular formula is C18H12N4O2S2. The van der Waals surface area contributed by atoms with Crippen LogP contribution in [0, 0.1) is 0 Å². The average Bonchev–Trinajstić information content (AvgIpc) is 3.28. The van der Waals surface area contributed by atoms with Gasteiger partial charge in [-0.25, -0.2) is 4.68 Å². The summed E-state index contributed by atoms with van der Waals surface area (Å²) in [7, 11) is 0. The smallest absolute Gasteiger partial charge is 0.263 e. The highest BCUT2D eigenvalue weighted by molar-refractivity contribution is 7.80. The van der Waals surface area contributed by atoms with Gasteiger partial charge in [-0.2, -0.15) is 16.4 Å². The molecule has 0 unspecified atom stereocenters. The molecule has 1 fully saturated rings. The Hall–Kier alpha value is -3.10. The molecule has 26 heavy (non-hydrogen) atoms. The predicted octanol–water partition coefficient (Wildman–Crippen LogP) is 2.52. The summed E-state index contributed by atoms with van der Waals surface area (Å²) in [5.74, 6) is -1.05. The summed E-state index contributed by atoms with van der Waals surface area (Å²) in [6, 6.07) is 11.6. The van der Waals surface area contributed by atoms with Crippen LogP contribution in [-0.2, 0) is 9.59 Å². The Bertz CT molecular complexity index is 1010. The van der Waals surface area contributed by atoms with Crippen LogP contribution in [0.2, 0.25) is 0 Å². The third kappa shape index (κ3) is 3.07. The van der Waals surface area contributed by atoms with Crippen molar-refractivity contribution < 1.29 is 9.59 Å². The van der Waals surface area contributed by atoms with E-state index in [-0.39, 0.29) is 10.7 Å². The molecule has 1 saturated heterocycles. The lowest BCUT2D eigenvalue weighted by atomic mass is 10.1. The molecule has 8 heteroatoms. The fourth-order valence-electron chi connectivity index (χ4n) is 2.59. The standard InChI is InChI=1S/C18H12N4O2S2/c23-16-14(17(24)20-18(25)19-16)8-12-9-22(13-4-2-1-3-5-13)21-15(12)11-6-7-26-10-11/h1-10H,(H2,19,20,23,24,25). The van der Waals surface area contributed by atoms with Crippen molar-refractivity contribution in [3.05, 3.63) is 64.5 Å². The maximum atomic E-state index is 12.1. The largest absolute Gasteiger partial charge is 0.299 e. The van der Waals surface area contributed by atoms with Crippen molar-refractivity contribution in [3.8, 4) is 16.9 Å². The zero-order chi connectivity index (χ0) is 18.1. The molecule has 1 aliphatic heterocycles. The number of carbonyl (C=O) groups excluding carboxylic acids is 2. The summed E-state index contributed by atoms with van der Waals surface area (Å²) in [5.41, 5.74) is 3.15. The molecule has 128 valence electrons. The Kier molecular flexibility index (Phi) is 4.19. The highest BCUT2D eigenvalue weighted by Gasteiger charge is 2.26. The highest BCUT2D eigenvalue weighted by atomic mass is 32.1. The fraction of sp³-hybridized carbons (Fsp3) is 0. The van der Waals surface area contributed by atoms with E-state index in [4.69, 9.17) is 12.2 Å². The highest BCUT2D eigenvalue weighted by Crippen LogP contribution is 2.27. The van der Waals surface area contributed by atoms with Crippen molar-refractivity contribution in [2.75, 3.05) is 0 Å². The molecular weight excluding hydrogens is 368 g/mol. The molecule has 0 saturated carbocycles. The van der Waals surface area contributed by atoms with Gasteiger partial charge in [0.25, 0.3) is 11.8 Å². The van der Waals surface area contributed by atoms with Gasteiger partial charge in [0.1, 0.15) is 11.3 Å². The van der Waals surface area contributed by atoms with E-state index in [2.05, 4.69) is 15.7 Å². The molecule has 0 bridgehead atoms. The van der Waals surface area contributed by atoms with Crippen molar-refractivity contribution in [3.63, 3.8) is 0 Å². The number of thiocarbonyl (C=S) groups is 1. The van der Waals surface area contributed by atoms with Gasteiger partial charge in [-0.1, -0.05) is 18.2 Å². The molecule has 3 heterocycles. The first-order valence-electron chi connectivity index (χ1n) is 7.68. The number of thiophene rings is 1. The van der Waals surface area contributed by atoms with Crippen LogP contribution in [0.25, 0.3) is 23.0 Å². The maximum Gasteiger partial charge on any atom is 0.263 e. The zero-order valence-electron chi connectivity index (χ0n) is 13.3. The number of hydrogen-bond acceptors (Lipinski definition) is 5. The van der Waals surface area contributed by atoms with E-state index in [9.17, 15) is 9.59 Å². The van der Waals surface area contributed by atoms with Crippen LogP contribution >= 0.6 is 23.6 Å². The quantitative estimate of drug-likeness (QED) is 0.416. The number of nitrogens with one attached hydrogen (secondary N) is 2. The van der Waals surface area contributed by atoms with Crippen LogP contribution in [0.5, 0.6) is 0 Å². The zero-order valence-corrected chi connectivity index (χ0v) is 14.9. The molecule has 2 N–H and O–H groups in total. The first kappa shape index (κ1) is 16.4. The Labute approximate surface area is 158 Å². The van der Waals surface area contributed by atoms with E-state index in [0.29, 0.717) is 11.3 Å². The van der Waals surface area contributed by atoms with E-state index < -0.39 is 11.8 Å². The van der Waals surface area contributed by atoms with Gasteiger partial charge < -0.3 is 0 Å². The van der Waals surface area contributed by atoms with Gasteiger partial charge in [0.2, 0.25) is 0 Å².